The summed E-state index contributed by atoms with van der Waals surface area (Å²) >= 11 is 0. The van der Waals surface area contributed by atoms with Crippen LogP contribution in [0.15, 0.2) is 18.2 Å². The largest absolute Gasteiger partial charge is 0.508 e. The Labute approximate surface area is 114 Å². The van der Waals surface area contributed by atoms with E-state index in [9.17, 15) is 5.11 Å². The van der Waals surface area contributed by atoms with Gasteiger partial charge in [-0.1, -0.05) is 12.1 Å². The molecular weight excluding hydrogens is 238 g/mol. The Hall–Kier alpha value is -1.06. The molecule has 2 heterocycles. The van der Waals surface area contributed by atoms with E-state index in [0.29, 0.717) is 24.0 Å². The molecule has 1 aromatic rings. The third kappa shape index (κ3) is 1.96. The van der Waals surface area contributed by atoms with Crippen LogP contribution in [-0.2, 0) is 11.2 Å². The number of aromatic hydroxyl groups is 1. The molecule has 0 aromatic heterocycles. The van der Waals surface area contributed by atoms with E-state index < -0.39 is 0 Å². The standard InChI is InChI=1S/C16H21NO2/c18-16-6-2-3-13-14(16)4-1-5-15(13)17-9-11-7-8-12(10-17)19-11/h2-3,6,11-12,15,18H,1,4-5,7-10H2. The van der Waals surface area contributed by atoms with E-state index in [4.69, 9.17) is 4.74 Å². The molecule has 19 heavy (non-hydrogen) atoms. The minimum atomic E-state index is 0.446. The van der Waals surface area contributed by atoms with Crippen molar-refractivity contribution in [2.45, 2.75) is 50.4 Å². The zero-order chi connectivity index (χ0) is 12.8. The minimum Gasteiger partial charge on any atom is -0.508 e. The average molecular weight is 259 g/mol. The van der Waals surface area contributed by atoms with Crippen molar-refractivity contribution in [3.8, 4) is 5.75 Å². The highest BCUT2D eigenvalue weighted by molar-refractivity contribution is 5.42. The average Bonchev–Trinajstić information content (AvgIpc) is 2.77. The van der Waals surface area contributed by atoms with Gasteiger partial charge in [-0.25, -0.2) is 0 Å². The summed E-state index contributed by atoms with van der Waals surface area (Å²) in [5, 5.41) is 10.0. The Bertz CT molecular complexity index is 476. The summed E-state index contributed by atoms with van der Waals surface area (Å²) in [5.74, 6) is 0.485. The first kappa shape index (κ1) is 11.7. The lowest BCUT2D eigenvalue weighted by Crippen LogP contribution is -2.45. The van der Waals surface area contributed by atoms with Crippen LogP contribution in [0.3, 0.4) is 0 Å². The van der Waals surface area contributed by atoms with Crippen LogP contribution in [0.1, 0.15) is 42.9 Å². The summed E-state index contributed by atoms with van der Waals surface area (Å²) in [7, 11) is 0. The maximum absolute atomic E-state index is 10.0. The molecule has 1 N–H and O–H groups in total. The lowest BCUT2D eigenvalue weighted by atomic mass is 9.86. The first-order valence-corrected chi connectivity index (χ1v) is 7.51. The van der Waals surface area contributed by atoms with E-state index in [2.05, 4.69) is 11.0 Å². The van der Waals surface area contributed by atoms with Gasteiger partial charge in [-0.05, 0) is 49.3 Å². The molecule has 2 fully saturated rings. The summed E-state index contributed by atoms with van der Waals surface area (Å²) < 4.78 is 5.94. The third-order valence-corrected chi connectivity index (χ3v) is 4.96. The van der Waals surface area contributed by atoms with Crippen LogP contribution in [0.5, 0.6) is 5.75 Å². The quantitative estimate of drug-likeness (QED) is 0.841. The van der Waals surface area contributed by atoms with Gasteiger partial charge in [0.15, 0.2) is 0 Å². The molecule has 3 aliphatic rings. The molecule has 4 rings (SSSR count). The van der Waals surface area contributed by atoms with Crippen LogP contribution >= 0.6 is 0 Å². The van der Waals surface area contributed by atoms with Crippen molar-refractivity contribution in [1.29, 1.82) is 0 Å². The SMILES string of the molecule is Oc1cccc2c1CCCC2N1CC2CCC(C1)O2. The highest BCUT2D eigenvalue weighted by Crippen LogP contribution is 2.40. The summed E-state index contributed by atoms with van der Waals surface area (Å²) in [5.41, 5.74) is 2.53. The van der Waals surface area contributed by atoms with Gasteiger partial charge in [0.25, 0.3) is 0 Å². The molecule has 0 amide bonds. The van der Waals surface area contributed by atoms with Crippen molar-refractivity contribution in [2.24, 2.45) is 0 Å². The summed E-state index contributed by atoms with van der Waals surface area (Å²) in [4.78, 5) is 2.60. The smallest absolute Gasteiger partial charge is 0.119 e. The second-order valence-corrected chi connectivity index (χ2v) is 6.16. The Morgan fingerprint density at radius 1 is 1.11 bits per heavy atom. The van der Waals surface area contributed by atoms with E-state index >= 15 is 0 Å². The first-order chi connectivity index (χ1) is 9.31. The number of hydrogen-bond acceptors (Lipinski definition) is 3. The van der Waals surface area contributed by atoms with Crippen LogP contribution in [-0.4, -0.2) is 35.3 Å². The van der Waals surface area contributed by atoms with Crippen molar-refractivity contribution in [1.82, 2.24) is 4.90 Å². The predicted octanol–water partition coefficient (Wildman–Crippen LogP) is 2.63. The van der Waals surface area contributed by atoms with Gasteiger partial charge < -0.3 is 9.84 Å². The van der Waals surface area contributed by atoms with Crippen molar-refractivity contribution in [3.63, 3.8) is 0 Å². The van der Waals surface area contributed by atoms with Crippen LogP contribution in [0, 0.1) is 0 Å². The predicted molar refractivity (Wildman–Crippen MR) is 73.3 cm³/mol. The molecule has 1 aromatic carbocycles. The number of phenolic OH excluding ortho intramolecular Hbond substituents is 1. The number of likely N-dealkylation sites (tertiary alicyclic amines) is 1. The van der Waals surface area contributed by atoms with Gasteiger partial charge in [-0.15, -0.1) is 0 Å². The molecule has 102 valence electrons. The van der Waals surface area contributed by atoms with Gasteiger partial charge >= 0.3 is 0 Å². The van der Waals surface area contributed by atoms with E-state index in [1.807, 2.05) is 12.1 Å². The summed E-state index contributed by atoms with van der Waals surface area (Å²) in [6.07, 6.45) is 6.76. The molecule has 0 radical (unpaired) electrons. The second-order valence-electron chi connectivity index (χ2n) is 6.16. The van der Waals surface area contributed by atoms with Gasteiger partial charge in [0.05, 0.1) is 12.2 Å². The number of fused-ring (bicyclic) bond motifs is 3. The highest BCUT2D eigenvalue weighted by Gasteiger charge is 2.38. The van der Waals surface area contributed by atoms with Gasteiger partial charge in [0.1, 0.15) is 5.75 Å². The number of rotatable bonds is 1. The maximum Gasteiger partial charge on any atom is 0.119 e. The summed E-state index contributed by atoms with van der Waals surface area (Å²) in [6.45, 7) is 2.13. The maximum atomic E-state index is 10.0. The van der Waals surface area contributed by atoms with Crippen molar-refractivity contribution >= 4 is 0 Å². The Balaban J connectivity index is 1.65. The van der Waals surface area contributed by atoms with Crippen LogP contribution in [0.4, 0.5) is 0 Å². The lowest BCUT2D eigenvalue weighted by Gasteiger charge is -2.40. The second kappa shape index (κ2) is 4.50. The zero-order valence-corrected chi connectivity index (χ0v) is 11.2. The molecule has 0 spiro atoms. The normalized spacial score (nSPS) is 34.2. The monoisotopic (exact) mass is 259 g/mol. The molecule has 3 unspecified atom stereocenters. The fraction of sp³-hybridized carbons (Fsp3) is 0.625. The number of phenols is 1. The van der Waals surface area contributed by atoms with E-state index in [0.717, 1.165) is 19.5 Å². The van der Waals surface area contributed by atoms with Gasteiger partial charge in [0.2, 0.25) is 0 Å². The molecule has 2 bridgehead atoms. The number of nitrogens with zero attached hydrogens (tertiary/aromatic N) is 1. The molecule has 3 heteroatoms. The van der Waals surface area contributed by atoms with Crippen LogP contribution in [0.2, 0.25) is 0 Å². The Morgan fingerprint density at radius 3 is 2.68 bits per heavy atom. The van der Waals surface area contributed by atoms with Crippen LogP contribution in [0.25, 0.3) is 0 Å². The Morgan fingerprint density at radius 2 is 1.89 bits per heavy atom. The van der Waals surface area contributed by atoms with Gasteiger partial charge in [-0.3, -0.25) is 4.90 Å². The third-order valence-electron chi connectivity index (χ3n) is 4.96. The Kier molecular flexibility index (Phi) is 2.78. The van der Waals surface area contributed by atoms with Crippen LogP contribution < -0.4 is 0 Å². The fourth-order valence-corrected chi connectivity index (χ4v) is 4.08. The van der Waals surface area contributed by atoms with E-state index in [-0.39, 0.29) is 0 Å². The molecule has 2 saturated heterocycles. The first-order valence-electron chi connectivity index (χ1n) is 7.51. The van der Waals surface area contributed by atoms with Crippen molar-refractivity contribution in [3.05, 3.63) is 29.3 Å². The molecule has 3 atom stereocenters. The topological polar surface area (TPSA) is 32.7 Å². The van der Waals surface area contributed by atoms with E-state index in [1.54, 1.807) is 0 Å². The number of ether oxygens (including phenoxy) is 1. The molecule has 2 aliphatic heterocycles. The number of benzene rings is 1. The van der Waals surface area contributed by atoms with E-state index in [1.165, 1.54) is 36.8 Å². The highest BCUT2D eigenvalue weighted by atomic mass is 16.5. The molecule has 3 nitrogen and oxygen atoms in total. The van der Waals surface area contributed by atoms with Crippen molar-refractivity contribution in [2.75, 3.05) is 13.1 Å². The number of hydrogen-bond donors (Lipinski definition) is 1. The minimum absolute atomic E-state index is 0.446. The molecular formula is C16H21NO2. The van der Waals surface area contributed by atoms with Gasteiger partial charge in [-0.2, -0.15) is 0 Å². The van der Waals surface area contributed by atoms with Gasteiger partial charge in [0, 0.05) is 19.1 Å². The summed E-state index contributed by atoms with van der Waals surface area (Å²) in [6, 6.07) is 6.50. The zero-order valence-electron chi connectivity index (χ0n) is 11.2. The number of morpholine rings is 1. The molecule has 1 aliphatic carbocycles. The lowest BCUT2D eigenvalue weighted by molar-refractivity contribution is -0.0555. The fourth-order valence-electron chi connectivity index (χ4n) is 4.08. The van der Waals surface area contributed by atoms with Crippen molar-refractivity contribution < 1.29 is 9.84 Å². The molecule has 0 saturated carbocycles.